The standard InChI is InChI=1S/C9H13NO/c1-7(3-5-10)9-4-6-11-8(9)2/h4,6H,1,3,5,10H2,2H3. The number of furan rings is 1. The van der Waals surface area contributed by atoms with E-state index in [0.717, 1.165) is 23.3 Å². The molecule has 2 heteroatoms. The van der Waals surface area contributed by atoms with Crippen molar-refractivity contribution in [3.63, 3.8) is 0 Å². The first-order chi connectivity index (χ1) is 5.25. The van der Waals surface area contributed by atoms with Crippen LogP contribution < -0.4 is 5.73 Å². The average Bonchev–Trinajstić information content (AvgIpc) is 2.36. The van der Waals surface area contributed by atoms with Crippen LogP contribution in [0.25, 0.3) is 5.57 Å². The third kappa shape index (κ3) is 1.71. The zero-order valence-corrected chi connectivity index (χ0v) is 6.76. The number of rotatable bonds is 3. The zero-order valence-electron chi connectivity index (χ0n) is 6.76. The molecule has 0 unspecified atom stereocenters. The molecule has 0 aromatic carbocycles. The van der Waals surface area contributed by atoms with Crippen molar-refractivity contribution in [2.45, 2.75) is 13.3 Å². The maximum atomic E-state index is 5.39. The normalized spacial score (nSPS) is 10.0. The minimum absolute atomic E-state index is 0.642. The van der Waals surface area contributed by atoms with Gasteiger partial charge in [-0.25, -0.2) is 0 Å². The van der Waals surface area contributed by atoms with Gasteiger partial charge in [0.25, 0.3) is 0 Å². The van der Waals surface area contributed by atoms with Crippen LogP contribution in [-0.4, -0.2) is 6.54 Å². The lowest BCUT2D eigenvalue weighted by atomic mass is 10.1. The lowest BCUT2D eigenvalue weighted by molar-refractivity contribution is 0.533. The monoisotopic (exact) mass is 151 g/mol. The first kappa shape index (κ1) is 8.08. The molecule has 0 atom stereocenters. The highest BCUT2D eigenvalue weighted by molar-refractivity contribution is 5.64. The van der Waals surface area contributed by atoms with Gasteiger partial charge in [-0.1, -0.05) is 6.58 Å². The van der Waals surface area contributed by atoms with Crippen LogP contribution in [0.4, 0.5) is 0 Å². The molecular weight excluding hydrogens is 138 g/mol. The molecule has 0 spiro atoms. The summed E-state index contributed by atoms with van der Waals surface area (Å²) in [5.41, 5.74) is 7.54. The van der Waals surface area contributed by atoms with E-state index in [9.17, 15) is 0 Å². The van der Waals surface area contributed by atoms with Gasteiger partial charge in [0, 0.05) is 5.56 Å². The molecule has 0 fully saturated rings. The fourth-order valence-corrected chi connectivity index (χ4v) is 1.06. The van der Waals surface area contributed by atoms with Gasteiger partial charge in [-0.05, 0) is 31.5 Å². The van der Waals surface area contributed by atoms with Crippen LogP contribution in [0.2, 0.25) is 0 Å². The second-order valence-electron chi connectivity index (χ2n) is 2.53. The van der Waals surface area contributed by atoms with Gasteiger partial charge in [0.05, 0.1) is 6.26 Å². The first-order valence-corrected chi connectivity index (χ1v) is 3.68. The molecular formula is C9H13NO. The summed E-state index contributed by atoms with van der Waals surface area (Å²) in [6, 6.07) is 1.92. The van der Waals surface area contributed by atoms with Crippen LogP contribution in [0, 0.1) is 6.92 Å². The van der Waals surface area contributed by atoms with Crippen molar-refractivity contribution in [3.05, 3.63) is 30.2 Å². The quantitative estimate of drug-likeness (QED) is 0.717. The molecule has 1 heterocycles. The molecule has 0 aliphatic rings. The average molecular weight is 151 g/mol. The molecule has 60 valence electrons. The summed E-state index contributed by atoms with van der Waals surface area (Å²) in [5, 5.41) is 0. The van der Waals surface area contributed by atoms with Crippen molar-refractivity contribution in [3.8, 4) is 0 Å². The van der Waals surface area contributed by atoms with E-state index in [2.05, 4.69) is 6.58 Å². The molecule has 1 aromatic heterocycles. The van der Waals surface area contributed by atoms with E-state index >= 15 is 0 Å². The smallest absolute Gasteiger partial charge is 0.108 e. The van der Waals surface area contributed by atoms with Gasteiger partial charge in [-0.3, -0.25) is 0 Å². The van der Waals surface area contributed by atoms with E-state index < -0.39 is 0 Å². The van der Waals surface area contributed by atoms with Crippen LogP contribution in [0.15, 0.2) is 23.3 Å². The summed E-state index contributed by atoms with van der Waals surface area (Å²) in [6.07, 6.45) is 2.51. The number of hydrogen-bond donors (Lipinski definition) is 1. The second-order valence-corrected chi connectivity index (χ2v) is 2.53. The summed E-state index contributed by atoms with van der Waals surface area (Å²) < 4.78 is 5.13. The zero-order chi connectivity index (χ0) is 8.27. The number of aryl methyl sites for hydroxylation is 1. The fourth-order valence-electron chi connectivity index (χ4n) is 1.06. The van der Waals surface area contributed by atoms with E-state index in [0.29, 0.717) is 6.54 Å². The van der Waals surface area contributed by atoms with Crippen molar-refractivity contribution >= 4 is 5.57 Å². The van der Waals surface area contributed by atoms with Gasteiger partial charge in [-0.15, -0.1) is 0 Å². The van der Waals surface area contributed by atoms with Crippen LogP contribution in [0.5, 0.6) is 0 Å². The summed E-state index contributed by atoms with van der Waals surface area (Å²) >= 11 is 0. The molecule has 0 saturated carbocycles. The van der Waals surface area contributed by atoms with Crippen LogP contribution >= 0.6 is 0 Å². The van der Waals surface area contributed by atoms with Crippen LogP contribution in [-0.2, 0) is 0 Å². The lowest BCUT2D eigenvalue weighted by Crippen LogP contribution is -1.99. The van der Waals surface area contributed by atoms with Gasteiger partial charge in [0.15, 0.2) is 0 Å². The Morgan fingerprint density at radius 1 is 1.73 bits per heavy atom. The van der Waals surface area contributed by atoms with Crippen molar-refractivity contribution in [1.82, 2.24) is 0 Å². The molecule has 0 saturated heterocycles. The number of nitrogens with two attached hydrogens (primary N) is 1. The Kier molecular flexibility index (Phi) is 2.49. The third-order valence-electron chi connectivity index (χ3n) is 1.69. The van der Waals surface area contributed by atoms with E-state index in [4.69, 9.17) is 10.2 Å². The highest BCUT2D eigenvalue weighted by Crippen LogP contribution is 2.19. The van der Waals surface area contributed by atoms with Gasteiger partial charge in [0.1, 0.15) is 5.76 Å². The topological polar surface area (TPSA) is 39.2 Å². The van der Waals surface area contributed by atoms with Crippen LogP contribution in [0.1, 0.15) is 17.7 Å². The Bertz CT molecular complexity index is 250. The molecule has 2 nitrogen and oxygen atoms in total. The largest absolute Gasteiger partial charge is 0.469 e. The van der Waals surface area contributed by atoms with Crippen molar-refractivity contribution in [2.24, 2.45) is 5.73 Å². The maximum absolute atomic E-state index is 5.39. The Morgan fingerprint density at radius 3 is 2.91 bits per heavy atom. The summed E-state index contributed by atoms with van der Waals surface area (Å²) in [7, 11) is 0. The highest BCUT2D eigenvalue weighted by Gasteiger charge is 2.03. The van der Waals surface area contributed by atoms with E-state index in [1.807, 2.05) is 13.0 Å². The molecule has 1 aromatic rings. The van der Waals surface area contributed by atoms with E-state index in [1.165, 1.54) is 0 Å². The Labute approximate surface area is 66.7 Å². The maximum Gasteiger partial charge on any atom is 0.108 e. The minimum Gasteiger partial charge on any atom is -0.469 e. The Balaban J connectivity index is 2.76. The highest BCUT2D eigenvalue weighted by atomic mass is 16.3. The van der Waals surface area contributed by atoms with Gasteiger partial charge in [0.2, 0.25) is 0 Å². The SMILES string of the molecule is C=C(CCN)c1ccoc1C. The molecule has 2 N–H and O–H groups in total. The molecule has 11 heavy (non-hydrogen) atoms. The van der Waals surface area contributed by atoms with Gasteiger partial charge in [-0.2, -0.15) is 0 Å². The lowest BCUT2D eigenvalue weighted by Gasteiger charge is -2.00. The third-order valence-corrected chi connectivity index (χ3v) is 1.69. The molecule has 1 rings (SSSR count). The fraction of sp³-hybridized carbons (Fsp3) is 0.333. The molecule has 0 bridgehead atoms. The molecule has 0 aliphatic heterocycles. The first-order valence-electron chi connectivity index (χ1n) is 3.68. The van der Waals surface area contributed by atoms with Gasteiger partial charge < -0.3 is 10.2 Å². The predicted molar refractivity (Wildman–Crippen MR) is 46.2 cm³/mol. The summed E-state index contributed by atoms with van der Waals surface area (Å²) in [5.74, 6) is 0.920. The van der Waals surface area contributed by atoms with Crippen LogP contribution in [0.3, 0.4) is 0 Å². The number of hydrogen-bond acceptors (Lipinski definition) is 2. The summed E-state index contributed by atoms with van der Waals surface area (Å²) in [6.45, 7) is 6.48. The van der Waals surface area contributed by atoms with Crippen molar-refractivity contribution in [2.75, 3.05) is 6.54 Å². The van der Waals surface area contributed by atoms with Crippen molar-refractivity contribution < 1.29 is 4.42 Å². The molecule has 0 amide bonds. The second kappa shape index (κ2) is 3.39. The molecule has 0 aliphatic carbocycles. The Morgan fingerprint density at radius 2 is 2.45 bits per heavy atom. The van der Waals surface area contributed by atoms with E-state index in [-0.39, 0.29) is 0 Å². The predicted octanol–water partition coefficient (Wildman–Crippen LogP) is 1.95. The van der Waals surface area contributed by atoms with E-state index in [1.54, 1.807) is 6.26 Å². The Hall–Kier alpha value is -1.02. The van der Waals surface area contributed by atoms with Gasteiger partial charge >= 0.3 is 0 Å². The molecule has 0 radical (unpaired) electrons. The minimum atomic E-state index is 0.642. The van der Waals surface area contributed by atoms with Crippen molar-refractivity contribution in [1.29, 1.82) is 0 Å². The summed E-state index contributed by atoms with van der Waals surface area (Å²) in [4.78, 5) is 0.